The lowest BCUT2D eigenvalue weighted by atomic mass is 10.0. The maximum atomic E-state index is 6.66. The summed E-state index contributed by atoms with van der Waals surface area (Å²) in [5.74, 6) is 1.66. The maximum absolute atomic E-state index is 6.66. The number of hydrogen-bond donors (Lipinski definition) is 0. The monoisotopic (exact) mass is 684 g/mol. The lowest BCUT2D eigenvalue weighted by molar-refractivity contribution is 0.484. The predicted molar refractivity (Wildman–Crippen MR) is 220 cm³/mol. The summed E-state index contributed by atoms with van der Waals surface area (Å²) in [5.41, 5.74) is 10.9. The summed E-state index contributed by atoms with van der Waals surface area (Å²) in [4.78, 5) is 0. The minimum atomic E-state index is 0.826. The molecule has 52 heavy (non-hydrogen) atoms. The molecule has 0 N–H and O–H groups in total. The Morgan fingerprint density at radius 3 is 2.04 bits per heavy atom. The van der Waals surface area contributed by atoms with Crippen molar-refractivity contribution in [2.24, 2.45) is 0 Å². The molecular formula is C48H32N2OS. The molecule has 4 heteroatoms. The molecule has 0 fully saturated rings. The molecule has 0 saturated heterocycles. The van der Waals surface area contributed by atoms with Crippen molar-refractivity contribution in [1.82, 2.24) is 9.13 Å². The summed E-state index contributed by atoms with van der Waals surface area (Å²) < 4.78 is 14.1. The summed E-state index contributed by atoms with van der Waals surface area (Å²) in [6.07, 6.45) is 6.65. The van der Waals surface area contributed by atoms with Gasteiger partial charge in [-0.05, 0) is 109 Å². The topological polar surface area (TPSA) is 19.1 Å². The van der Waals surface area contributed by atoms with Gasteiger partial charge in [0, 0.05) is 59.0 Å². The molecule has 246 valence electrons. The maximum Gasteiger partial charge on any atom is 0.128 e. The number of ether oxygens (including phenoxy) is 1. The van der Waals surface area contributed by atoms with Crippen LogP contribution < -0.4 is 4.74 Å². The molecule has 0 aliphatic heterocycles. The van der Waals surface area contributed by atoms with E-state index in [2.05, 4.69) is 179 Å². The first-order valence-electron chi connectivity index (χ1n) is 17.9. The third-order valence-corrected chi connectivity index (χ3v) is 11.8. The van der Waals surface area contributed by atoms with Gasteiger partial charge in [0.1, 0.15) is 11.5 Å². The zero-order chi connectivity index (χ0) is 34.2. The highest BCUT2D eigenvalue weighted by Gasteiger charge is 2.20. The molecular weight excluding hydrogens is 653 g/mol. The molecule has 0 saturated carbocycles. The lowest BCUT2D eigenvalue weighted by Gasteiger charge is -2.13. The molecule has 0 atom stereocenters. The van der Waals surface area contributed by atoms with E-state index in [4.69, 9.17) is 4.74 Å². The first kappa shape index (κ1) is 29.4. The molecule has 0 unspecified atom stereocenters. The van der Waals surface area contributed by atoms with Gasteiger partial charge in [0.05, 0.1) is 16.6 Å². The van der Waals surface area contributed by atoms with Crippen LogP contribution in [0.3, 0.4) is 0 Å². The van der Waals surface area contributed by atoms with E-state index >= 15 is 0 Å². The fourth-order valence-corrected chi connectivity index (χ4v) is 9.38. The van der Waals surface area contributed by atoms with Crippen LogP contribution in [0.5, 0.6) is 11.5 Å². The fraction of sp³-hybridized carbons (Fsp3) is 0.0417. The van der Waals surface area contributed by atoms with Gasteiger partial charge in [0.2, 0.25) is 0 Å². The first-order valence-corrected chi connectivity index (χ1v) is 18.7. The van der Waals surface area contributed by atoms with Crippen molar-refractivity contribution in [3.05, 3.63) is 175 Å². The van der Waals surface area contributed by atoms with Crippen molar-refractivity contribution in [2.75, 3.05) is 0 Å². The van der Waals surface area contributed by atoms with Crippen molar-refractivity contribution in [3.63, 3.8) is 0 Å². The highest BCUT2D eigenvalue weighted by Crippen LogP contribution is 2.40. The summed E-state index contributed by atoms with van der Waals surface area (Å²) in [6, 6.07) is 56.9. The average Bonchev–Trinajstić information content (AvgIpc) is 3.85. The van der Waals surface area contributed by atoms with E-state index in [1.54, 1.807) is 0 Å². The Balaban J connectivity index is 0.991. The summed E-state index contributed by atoms with van der Waals surface area (Å²) in [6.45, 7) is 0. The normalized spacial score (nSPS) is 12.8. The van der Waals surface area contributed by atoms with Crippen LogP contribution in [0.15, 0.2) is 164 Å². The van der Waals surface area contributed by atoms with E-state index in [1.165, 1.54) is 75.4 Å². The summed E-state index contributed by atoms with van der Waals surface area (Å²) in [5, 5.41) is 6.23. The Labute approximate surface area is 304 Å². The highest BCUT2D eigenvalue weighted by molar-refractivity contribution is 7.25. The molecule has 3 nitrogen and oxygen atoms in total. The van der Waals surface area contributed by atoms with Crippen LogP contribution in [-0.4, -0.2) is 9.13 Å². The van der Waals surface area contributed by atoms with Gasteiger partial charge >= 0.3 is 0 Å². The molecule has 11 rings (SSSR count). The number of nitrogens with zero attached hydrogens (tertiary/aromatic N) is 2. The van der Waals surface area contributed by atoms with Crippen molar-refractivity contribution in [2.45, 2.75) is 12.8 Å². The number of benzene rings is 7. The molecule has 3 heterocycles. The van der Waals surface area contributed by atoms with Crippen LogP contribution in [0.4, 0.5) is 0 Å². The Morgan fingerprint density at radius 2 is 1.15 bits per heavy atom. The van der Waals surface area contributed by atoms with Crippen LogP contribution in [-0.2, 0) is 6.42 Å². The van der Waals surface area contributed by atoms with E-state index < -0.39 is 0 Å². The predicted octanol–water partition coefficient (Wildman–Crippen LogP) is 13.5. The van der Waals surface area contributed by atoms with Gasteiger partial charge in [-0.3, -0.25) is 0 Å². The van der Waals surface area contributed by atoms with Crippen LogP contribution in [0, 0.1) is 0 Å². The zero-order valence-corrected chi connectivity index (χ0v) is 29.1. The number of rotatable bonds is 5. The SMILES string of the molecule is C1=Cc2c(n(-c3ccccc3)c3ccc(Oc4ccc5c(c4)c4ccccc4n5-c4cccc(-c5ccc6sc7ccccc7c6c5)c4)cc23)CC1. The number of para-hydroxylation sites is 2. The van der Waals surface area contributed by atoms with Gasteiger partial charge in [-0.1, -0.05) is 84.9 Å². The standard InChI is InChI=1S/C48H32N2OS/c1-2-12-33(13-3-1)49-43-18-7-4-15-37(43)40-29-35(22-24-45(40)49)51-36-23-25-46-41(30-36)38-16-5-8-19-44(38)50(46)34-14-10-11-31(27-34)32-21-26-48-42(28-32)39-17-6-9-20-47(39)52-48/h1-6,8-17,19-30H,7,18H2. The Bertz CT molecular complexity index is 3050. The zero-order valence-electron chi connectivity index (χ0n) is 28.3. The number of hydrogen-bond acceptors (Lipinski definition) is 2. The number of allylic oxidation sites excluding steroid dienone is 1. The lowest BCUT2D eigenvalue weighted by Crippen LogP contribution is -2.02. The molecule has 10 aromatic rings. The van der Waals surface area contributed by atoms with Crippen LogP contribution >= 0.6 is 11.3 Å². The summed E-state index contributed by atoms with van der Waals surface area (Å²) >= 11 is 1.86. The molecule has 1 aliphatic rings. The van der Waals surface area contributed by atoms with E-state index in [0.717, 1.165) is 35.5 Å². The van der Waals surface area contributed by atoms with Crippen LogP contribution in [0.2, 0.25) is 0 Å². The Morgan fingerprint density at radius 1 is 0.462 bits per heavy atom. The first-order chi connectivity index (χ1) is 25.8. The van der Waals surface area contributed by atoms with Gasteiger partial charge in [-0.25, -0.2) is 0 Å². The Kier molecular flexibility index (Phi) is 6.55. The number of thiophene rings is 1. The van der Waals surface area contributed by atoms with Gasteiger partial charge in [-0.15, -0.1) is 11.3 Å². The minimum absolute atomic E-state index is 0.826. The van der Waals surface area contributed by atoms with Gasteiger partial charge in [-0.2, -0.15) is 0 Å². The number of fused-ring (bicyclic) bond motifs is 9. The third kappa shape index (κ3) is 4.58. The molecule has 0 bridgehead atoms. The van der Waals surface area contributed by atoms with Crippen molar-refractivity contribution < 1.29 is 4.74 Å². The quantitative estimate of drug-likeness (QED) is 0.177. The highest BCUT2D eigenvalue weighted by atomic mass is 32.1. The van der Waals surface area contributed by atoms with Crippen LogP contribution in [0.25, 0.3) is 81.5 Å². The number of aromatic nitrogens is 2. The van der Waals surface area contributed by atoms with Crippen molar-refractivity contribution in [3.8, 4) is 34.0 Å². The van der Waals surface area contributed by atoms with Gasteiger partial charge < -0.3 is 13.9 Å². The van der Waals surface area contributed by atoms with Crippen molar-refractivity contribution in [1.29, 1.82) is 0 Å². The second-order valence-corrected chi connectivity index (χ2v) is 14.7. The average molecular weight is 685 g/mol. The molecule has 7 aromatic carbocycles. The second-order valence-electron chi connectivity index (χ2n) is 13.6. The smallest absolute Gasteiger partial charge is 0.128 e. The molecule has 1 aliphatic carbocycles. The van der Waals surface area contributed by atoms with Crippen LogP contribution in [0.1, 0.15) is 17.7 Å². The van der Waals surface area contributed by atoms with Crippen molar-refractivity contribution >= 4 is 70.3 Å². The Hall–Kier alpha value is -6.36. The molecule has 0 amide bonds. The van der Waals surface area contributed by atoms with E-state index in [0.29, 0.717) is 0 Å². The van der Waals surface area contributed by atoms with Gasteiger partial charge in [0.15, 0.2) is 0 Å². The minimum Gasteiger partial charge on any atom is -0.457 e. The van der Waals surface area contributed by atoms with E-state index in [1.807, 2.05) is 11.3 Å². The molecule has 3 aromatic heterocycles. The van der Waals surface area contributed by atoms with E-state index in [9.17, 15) is 0 Å². The van der Waals surface area contributed by atoms with Gasteiger partial charge in [0.25, 0.3) is 0 Å². The molecule has 0 spiro atoms. The van der Waals surface area contributed by atoms with E-state index in [-0.39, 0.29) is 0 Å². The molecule has 0 radical (unpaired) electrons. The second kappa shape index (κ2) is 11.6. The largest absolute Gasteiger partial charge is 0.457 e. The fourth-order valence-electron chi connectivity index (χ4n) is 8.30. The summed E-state index contributed by atoms with van der Waals surface area (Å²) in [7, 11) is 0. The third-order valence-electron chi connectivity index (χ3n) is 10.6.